The lowest BCUT2D eigenvalue weighted by Gasteiger charge is -2.36. The van der Waals surface area contributed by atoms with Gasteiger partial charge in [-0.2, -0.15) is 0 Å². The van der Waals surface area contributed by atoms with Crippen LogP contribution in [0.15, 0.2) is 0 Å². The second-order valence-corrected chi connectivity index (χ2v) is 5.98. The van der Waals surface area contributed by atoms with Gasteiger partial charge in [0, 0.05) is 19.6 Å². The number of nitrogens with one attached hydrogen (secondary N) is 1. The van der Waals surface area contributed by atoms with Crippen molar-refractivity contribution in [2.75, 3.05) is 13.6 Å². The molecule has 0 aromatic heterocycles. The van der Waals surface area contributed by atoms with E-state index >= 15 is 0 Å². The molecule has 1 aliphatic carbocycles. The molecule has 1 rings (SSSR count). The van der Waals surface area contributed by atoms with Crippen LogP contribution < -0.4 is 5.32 Å². The van der Waals surface area contributed by atoms with E-state index in [2.05, 4.69) is 19.2 Å². The van der Waals surface area contributed by atoms with Crippen molar-refractivity contribution in [3.8, 4) is 0 Å². The standard InChI is InChI=1S/C14H26N2O3/c1-9-6-5-7-10(2)12(9)15-14(19)16(4)8-11(3)13(17)18/h9-12H,5-8H2,1-4H3,(H,15,19)(H,17,18). The van der Waals surface area contributed by atoms with Gasteiger partial charge in [0.1, 0.15) is 0 Å². The topological polar surface area (TPSA) is 69.6 Å². The van der Waals surface area contributed by atoms with E-state index in [-0.39, 0.29) is 18.6 Å². The van der Waals surface area contributed by atoms with Crippen molar-refractivity contribution in [2.45, 2.75) is 46.1 Å². The number of carboxylic acid groups (broad SMARTS) is 1. The van der Waals surface area contributed by atoms with E-state index in [0.717, 1.165) is 12.8 Å². The summed E-state index contributed by atoms with van der Waals surface area (Å²) in [7, 11) is 1.65. The first-order valence-electron chi connectivity index (χ1n) is 7.07. The molecule has 0 heterocycles. The molecule has 5 nitrogen and oxygen atoms in total. The van der Waals surface area contributed by atoms with Crippen LogP contribution in [0.25, 0.3) is 0 Å². The van der Waals surface area contributed by atoms with Crippen molar-refractivity contribution >= 4 is 12.0 Å². The summed E-state index contributed by atoms with van der Waals surface area (Å²) in [5, 5.41) is 11.9. The van der Waals surface area contributed by atoms with Gasteiger partial charge in [-0.25, -0.2) is 4.79 Å². The predicted molar refractivity (Wildman–Crippen MR) is 73.9 cm³/mol. The molecule has 3 unspecified atom stereocenters. The molecule has 5 heteroatoms. The van der Waals surface area contributed by atoms with Gasteiger partial charge >= 0.3 is 12.0 Å². The van der Waals surface area contributed by atoms with Gasteiger partial charge in [0.25, 0.3) is 0 Å². The summed E-state index contributed by atoms with van der Waals surface area (Å²) in [4.78, 5) is 24.3. The molecule has 19 heavy (non-hydrogen) atoms. The van der Waals surface area contributed by atoms with Crippen LogP contribution in [0.4, 0.5) is 4.79 Å². The molecular weight excluding hydrogens is 244 g/mol. The number of hydrogen-bond donors (Lipinski definition) is 2. The Balaban J connectivity index is 2.51. The summed E-state index contributed by atoms with van der Waals surface area (Å²) in [6.07, 6.45) is 3.51. The Labute approximate surface area is 115 Å². The van der Waals surface area contributed by atoms with Gasteiger partial charge in [-0.15, -0.1) is 0 Å². The van der Waals surface area contributed by atoms with Crippen LogP contribution in [-0.4, -0.2) is 41.6 Å². The second kappa shape index (κ2) is 6.78. The van der Waals surface area contributed by atoms with Crippen LogP contribution in [0.1, 0.15) is 40.0 Å². The third kappa shape index (κ3) is 4.40. The van der Waals surface area contributed by atoms with Gasteiger partial charge in [-0.05, 0) is 24.7 Å². The van der Waals surface area contributed by atoms with E-state index in [1.807, 2.05) is 0 Å². The van der Waals surface area contributed by atoms with Crippen LogP contribution in [0.5, 0.6) is 0 Å². The molecule has 0 spiro atoms. The molecule has 0 aromatic rings. The molecule has 1 fully saturated rings. The third-order valence-corrected chi connectivity index (χ3v) is 4.15. The highest BCUT2D eigenvalue weighted by Gasteiger charge is 2.30. The fraction of sp³-hybridized carbons (Fsp3) is 0.857. The molecule has 0 radical (unpaired) electrons. The number of nitrogens with zero attached hydrogens (tertiary/aromatic N) is 1. The average Bonchev–Trinajstić information content (AvgIpc) is 2.33. The summed E-state index contributed by atoms with van der Waals surface area (Å²) in [6, 6.07) is 0.0301. The quantitative estimate of drug-likeness (QED) is 0.822. The van der Waals surface area contributed by atoms with Crippen LogP contribution >= 0.6 is 0 Å². The Morgan fingerprint density at radius 1 is 1.32 bits per heavy atom. The molecule has 1 saturated carbocycles. The van der Waals surface area contributed by atoms with Gasteiger partial charge in [-0.3, -0.25) is 4.79 Å². The van der Waals surface area contributed by atoms with Crippen molar-refractivity contribution in [1.29, 1.82) is 0 Å². The predicted octanol–water partition coefficient (Wildman–Crippen LogP) is 2.17. The Hall–Kier alpha value is -1.26. The van der Waals surface area contributed by atoms with Crippen molar-refractivity contribution in [3.05, 3.63) is 0 Å². The highest BCUT2D eigenvalue weighted by atomic mass is 16.4. The molecule has 3 atom stereocenters. The molecule has 110 valence electrons. The zero-order chi connectivity index (χ0) is 14.6. The summed E-state index contributed by atoms with van der Waals surface area (Å²) < 4.78 is 0. The number of urea groups is 1. The van der Waals surface area contributed by atoms with Crippen molar-refractivity contribution in [3.63, 3.8) is 0 Å². The van der Waals surface area contributed by atoms with E-state index < -0.39 is 11.9 Å². The summed E-state index contributed by atoms with van der Waals surface area (Å²) in [6.45, 7) is 6.18. The number of rotatable bonds is 4. The van der Waals surface area contributed by atoms with Gasteiger partial charge in [0.05, 0.1) is 5.92 Å². The van der Waals surface area contributed by atoms with E-state index in [1.54, 1.807) is 14.0 Å². The third-order valence-electron chi connectivity index (χ3n) is 4.15. The highest BCUT2D eigenvalue weighted by molar-refractivity contribution is 5.76. The minimum Gasteiger partial charge on any atom is -0.481 e. The maximum atomic E-state index is 12.1. The van der Waals surface area contributed by atoms with Crippen LogP contribution in [0.2, 0.25) is 0 Å². The number of carboxylic acids is 1. The van der Waals surface area contributed by atoms with Gasteiger partial charge in [0.15, 0.2) is 0 Å². The number of hydrogen-bond acceptors (Lipinski definition) is 2. The maximum Gasteiger partial charge on any atom is 0.317 e. The van der Waals surface area contributed by atoms with Crippen molar-refractivity contribution in [1.82, 2.24) is 10.2 Å². The first-order valence-corrected chi connectivity index (χ1v) is 7.07. The zero-order valence-electron chi connectivity index (χ0n) is 12.3. The first kappa shape index (κ1) is 15.8. The molecule has 2 N–H and O–H groups in total. The Morgan fingerprint density at radius 3 is 2.32 bits per heavy atom. The van der Waals surface area contributed by atoms with E-state index in [1.165, 1.54) is 11.3 Å². The van der Waals surface area contributed by atoms with Crippen LogP contribution in [0, 0.1) is 17.8 Å². The monoisotopic (exact) mass is 270 g/mol. The fourth-order valence-corrected chi connectivity index (χ4v) is 2.79. The normalized spacial score (nSPS) is 28.5. The Morgan fingerprint density at radius 2 is 1.84 bits per heavy atom. The smallest absolute Gasteiger partial charge is 0.317 e. The molecular formula is C14H26N2O3. The average molecular weight is 270 g/mol. The van der Waals surface area contributed by atoms with Crippen LogP contribution in [0.3, 0.4) is 0 Å². The Kier molecular flexibility index (Phi) is 5.63. The van der Waals surface area contributed by atoms with Gasteiger partial charge in [0.2, 0.25) is 0 Å². The SMILES string of the molecule is CC(CN(C)C(=O)NC1C(C)CCCC1C)C(=O)O. The van der Waals surface area contributed by atoms with Gasteiger partial charge < -0.3 is 15.3 Å². The maximum absolute atomic E-state index is 12.1. The Bertz CT molecular complexity index is 323. The van der Waals surface area contributed by atoms with E-state index in [4.69, 9.17) is 5.11 Å². The van der Waals surface area contributed by atoms with Crippen molar-refractivity contribution in [2.24, 2.45) is 17.8 Å². The number of amides is 2. The lowest BCUT2D eigenvalue weighted by Crippen LogP contribution is -2.50. The lowest BCUT2D eigenvalue weighted by molar-refractivity contribution is -0.141. The summed E-state index contributed by atoms with van der Waals surface area (Å²) >= 11 is 0. The number of carbonyl (C=O) groups is 2. The fourth-order valence-electron chi connectivity index (χ4n) is 2.79. The molecule has 0 aliphatic heterocycles. The molecule has 1 aliphatic rings. The van der Waals surface area contributed by atoms with Crippen molar-refractivity contribution < 1.29 is 14.7 Å². The molecule has 0 saturated heterocycles. The lowest BCUT2D eigenvalue weighted by atomic mass is 9.79. The van der Waals surface area contributed by atoms with Gasteiger partial charge in [-0.1, -0.05) is 27.2 Å². The first-order chi connectivity index (χ1) is 8.82. The molecule has 0 aromatic carbocycles. The number of carbonyl (C=O) groups excluding carboxylic acids is 1. The minimum atomic E-state index is -0.876. The number of aliphatic carboxylic acids is 1. The molecule has 0 bridgehead atoms. The second-order valence-electron chi connectivity index (χ2n) is 5.98. The highest BCUT2D eigenvalue weighted by Crippen LogP contribution is 2.28. The van der Waals surface area contributed by atoms with Crippen LogP contribution in [-0.2, 0) is 4.79 Å². The summed E-state index contributed by atoms with van der Waals surface area (Å²) in [5.41, 5.74) is 0. The van der Waals surface area contributed by atoms with E-state index in [0.29, 0.717) is 11.8 Å². The zero-order valence-corrected chi connectivity index (χ0v) is 12.3. The minimum absolute atomic E-state index is 0.168. The molecule has 2 amide bonds. The summed E-state index contributed by atoms with van der Waals surface area (Å²) in [5.74, 6) is -0.452. The van der Waals surface area contributed by atoms with E-state index in [9.17, 15) is 9.59 Å². The largest absolute Gasteiger partial charge is 0.481 e.